The van der Waals surface area contributed by atoms with Crippen molar-refractivity contribution in [3.63, 3.8) is 0 Å². The molecule has 0 aliphatic carbocycles. The van der Waals surface area contributed by atoms with E-state index in [-0.39, 0.29) is 17.8 Å². The molecule has 6 heteroatoms. The maximum absolute atomic E-state index is 13.4. The Bertz CT molecular complexity index is 484. The molecule has 1 aromatic rings. The first kappa shape index (κ1) is 15.7. The zero-order chi connectivity index (χ0) is 14.5. The van der Waals surface area contributed by atoms with E-state index in [0.717, 1.165) is 28.4 Å². The number of nitrogens with two attached hydrogens (primary N) is 1. The molecule has 0 radical (unpaired) electrons. The fourth-order valence-corrected chi connectivity index (χ4v) is 3.77. The first-order valence-electron chi connectivity index (χ1n) is 6.59. The van der Waals surface area contributed by atoms with Gasteiger partial charge in [-0.05, 0) is 48.6 Å². The predicted molar refractivity (Wildman–Crippen MR) is 83.6 cm³/mol. The lowest BCUT2D eigenvalue weighted by Crippen LogP contribution is -2.43. The lowest BCUT2D eigenvalue weighted by Gasteiger charge is -2.27. The Balaban J connectivity index is 2.04. The third-order valence-electron chi connectivity index (χ3n) is 3.30. The van der Waals surface area contributed by atoms with Gasteiger partial charge in [-0.3, -0.25) is 4.79 Å². The number of fused-ring (bicyclic) bond motifs is 1. The highest BCUT2D eigenvalue weighted by molar-refractivity contribution is 7.99. The van der Waals surface area contributed by atoms with Gasteiger partial charge in [0.05, 0.1) is 12.1 Å². The summed E-state index contributed by atoms with van der Waals surface area (Å²) in [4.78, 5) is 13.1. The van der Waals surface area contributed by atoms with E-state index < -0.39 is 6.04 Å². The molecule has 0 bridgehead atoms. The molecule has 0 aromatic heterocycles. The van der Waals surface area contributed by atoms with E-state index in [0.29, 0.717) is 6.42 Å². The molecule has 110 valence electrons. The summed E-state index contributed by atoms with van der Waals surface area (Å²) >= 11 is 3.37. The van der Waals surface area contributed by atoms with Crippen LogP contribution >= 0.6 is 23.5 Å². The average molecular weight is 314 g/mol. The van der Waals surface area contributed by atoms with Gasteiger partial charge in [-0.15, -0.1) is 11.8 Å². The van der Waals surface area contributed by atoms with E-state index in [2.05, 4.69) is 5.32 Å². The van der Waals surface area contributed by atoms with Gasteiger partial charge in [-0.2, -0.15) is 11.8 Å². The second-order valence-electron chi connectivity index (χ2n) is 4.77. The van der Waals surface area contributed by atoms with Gasteiger partial charge in [0.25, 0.3) is 0 Å². The smallest absolute Gasteiger partial charge is 0.237 e. The molecule has 1 amide bonds. The minimum absolute atomic E-state index is 0.130. The van der Waals surface area contributed by atoms with Crippen LogP contribution in [0, 0.1) is 5.82 Å². The van der Waals surface area contributed by atoms with Crippen molar-refractivity contribution in [1.82, 2.24) is 5.32 Å². The Morgan fingerprint density at radius 3 is 3.20 bits per heavy atom. The van der Waals surface area contributed by atoms with Gasteiger partial charge >= 0.3 is 0 Å². The Labute approximate surface area is 127 Å². The van der Waals surface area contributed by atoms with E-state index in [1.165, 1.54) is 12.1 Å². The molecule has 3 nitrogen and oxygen atoms in total. The molecule has 0 saturated carbocycles. The molecule has 3 N–H and O–H groups in total. The number of rotatable bonds is 5. The first-order valence-corrected chi connectivity index (χ1v) is 8.97. The maximum Gasteiger partial charge on any atom is 0.237 e. The van der Waals surface area contributed by atoms with Crippen LogP contribution in [0.4, 0.5) is 4.39 Å². The van der Waals surface area contributed by atoms with Crippen LogP contribution in [0.2, 0.25) is 0 Å². The van der Waals surface area contributed by atoms with E-state index in [4.69, 9.17) is 5.73 Å². The molecule has 0 saturated heterocycles. The van der Waals surface area contributed by atoms with Crippen LogP contribution in [0.5, 0.6) is 0 Å². The average Bonchev–Trinajstić information content (AvgIpc) is 2.45. The highest BCUT2D eigenvalue weighted by Crippen LogP contribution is 2.36. The number of halogens is 1. The number of nitrogens with one attached hydrogen (secondary N) is 1. The second kappa shape index (κ2) is 7.33. The molecule has 1 aliphatic heterocycles. The van der Waals surface area contributed by atoms with E-state index in [9.17, 15) is 9.18 Å². The molecule has 1 aromatic carbocycles. The SMILES string of the molecule is CSCC[C@H](N)C(=O)NC1CCSc2ccc(F)cc21. The lowest BCUT2D eigenvalue weighted by atomic mass is 10.0. The highest BCUT2D eigenvalue weighted by Gasteiger charge is 2.24. The summed E-state index contributed by atoms with van der Waals surface area (Å²) in [6.07, 6.45) is 3.45. The molecule has 0 fully saturated rings. The minimum atomic E-state index is -0.492. The van der Waals surface area contributed by atoms with Crippen LogP contribution in [0.15, 0.2) is 23.1 Å². The maximum atomic E-state index is 13.4. The van der Waals surface area contributed by atoms with Crippen molar-refractivity contribution in [3.05, 3.63) is 29.6 Å². The summed E-state index contributed by atoms with van der Waals surface area (Å²) in [6.45, 7) is 0. The Morgan fingerprint density at radius 2 is 2.45 bits per heavy atom. The Kier molecular flexibility index (Phi) is 5.74. The van der Waals surface area contributed by atoms with Gasteiger partial charge in [0, 0.05) is 10.6 Å². The quantitative estimate of drug-likeness (QED) is 0.877. The number of benzene rings is 1. The van der Waals surface area contributed by atoms with Gasteiger partial charge < -0.3 is 11.1 Å². The van der Waals surface area contributed by atoms with Gasteiger partial charge in [-0.25, -0.2) is 4.39 Å². The fourth-order valence-electron chi connectivity index (χ4n) is 2.17. The van der Waals surface area contributed by atoms with Crippen molar-refractivity contribution >= 4 is 29.4 Å². The van der Waals surface area contributed by atoms with E-state index >= 15 is 0 Å². The first-order chi connectivity index (χ1) is 9.61. The molecule has 2 rings (SSSR count). The molecular weight excluding hydrogens is 295 g/mol. The van der Waals surface area contributed by atoms with Crippen LogP contribution in [0.3, 0.4) is 0 Å². The van der Waals surface area contributed by atoms with Crippen LogP contribution in [-0.2, 0) is 4.79 Å². The third-order valence-corrected chi connectivity index (χ3v) is 5.06. The van der Waals surface area contributed by atoms with Crippen LogP contribution < -0.4 is 11.1 Å². The number of amides is 1. The monoisotopic (exact) mass is 314 g/mol. The minimum Gasteiger partial charge on any atom is -0.348 e. The molecule has 1 aliphatic rings. The summed E-state index contributed by atoms with van der Waals surface area (Å²) in [6, 6.07) is 4.13. The largest absolute Gasteiger partial charge is 0.348 e. The van der Waals surface area contributed by atoms with E-state index in [1.54, 1.807) is 29.6 Å². The van der Waals surface area contributed by atoms with Crippen LogP contribution in [0.25, 0.3) is 0 Å². The van der Waals surface area contributed by atoms with Crippen molar-refractivity contribution in [3.8, 4) is 0 Å². The number of carbonyl (C=O) groups is 1. The third kappa shape index (κ3) is 3.90. The molecule has 0 spiro atoms. The number of hydrogen-bond donors (Lipinski definition) is 2. The van der Waals surface area contributed by atoms with Gasteiger partial charge in [0.1, 0.15) is 5.82 Å². The van der Waals surface area contributed by atoms with Crippen molar-refractivity contribution in [2.45, 2.75) is 29.8 Å². The summed E-state index contributed by atoms with van der Waals surface area (Å²) in [5.41, 5.74) is 6.73. The Morgan fingerprint density at radius 1 is 1.65 bits per heavy atom. The zero-order valence-electron chi connectivity index (χ0n) is 11.4. The van der Waals surface area contributed by atoms with Crippen molar-refractivity contribution in [1.29, 1.82) is 0 Å². The number of carbonyl (C=O) groups excluding carboxylic acids is 1. The topological polar surface area (TPSA) is 55.1 Å². The number of hydrogen-bond acceptors (Lipinski definition) is 4. The van der Waals surface area contributed by atoms with E-state index in [1.807, 2.05) is 6.26 Å². The second-order valence-corrected chi connectivity index (χ2v) is 6.89. The van der Waals surface area contributed by atoms with Crippen LogP contribution in [0.1, 0.15) is 24.4 Å². The Hall–Kier alpha value is -0.720. The molecular formula is C14H19FN2OS2. The van der Waals surface area contributed by atoms with Crippen LogP contribution in [-0.4, -0.2) is 29.7 Å². The normalized spacial score (nSPS) is 19.2. The van der Waals surface area contributed by atoms with Crippen molar-refractivity contribution < 1.29 is 9.18 Å². The van der Waals surface area contributed by atoms with Crippen molar-refractivity contribution in [2.24, 2.45) is 5.73 Å². The molecule has 1 heterocycles. The van der Waals surface area contributed by atoms with Gasteiger partial charge in [0.2, 0.25) is 5.91 Å². The highest BCUT2D eigenvalue weighted by atomic mass is 32.2. The fraction of sp³-hybridized carbons (Fsp3) is 0.500. The summed E-state index contributed by atoms with van der Waals surface area (Å²) in [5.74, 6) is 1.37. The molecule has 2 atom stereocenters. The summed E-state index contributed by atoms with van der Waals surface area (Å²) in [5, 5.41) is 2.96. The lowest BCUT2D eigenvalue weighted by molar-refractivity contribution is -0.123. The number of thioether (sulfide) groups is 2. The molecule has 1 unspecified atom stereocenters. The predicted octanol–water partition coefficient (Wildman–Crippen LogP) is 2.56. The standard InChI is InChI=1S/C14H19FN2OS2/c1-19-6-4-11(16)14(18)17-12-5-7-20-13-3-2-9(15)8-10(12)13/h2-3,8,11-12H,4-7,16H2,1H3,(H,17,18)/t11-,12?/m0/s1. The molecule has 20 heavy (non-hydrogen) atoms. The van der Waals surface area contributed by atoms with Gasteiger partial charge in [0.15, 0.2) is 0 Å². The summed E-state index contributed by atoms with van der Waals surface area (Å²) < 4.78 is 13.4. The zero-order valence-corrected chi connectivity index (χ0v) is 13.0. The van der Waals surface area contributed by atoms with Gasteiger partial charge in [-0.1, -0.05) is 0 Å². The van der Waals surface area contributed by atoms with Crippen molar-refractivity contribution in [2.75, 3.05) is 17.8 Å². The summed E-state index contributed by atoms with van der Waals surface area (Å²) in [7, 11) is 0.